The molecule has 0 fully saturated rings. The standard InChI is InChI=1S/C39H52O6Si/c1-20-17-30(40-11)33(43-14)27(8)36(20)46(39-25(6)23(4)24(5)26(39)7,37-21(2)18-31(41-12)34(44-15)28(37)9)38-22(3)19-32(42-13)35(45-16)29(38)10/h17-19,25H,1-16H3. The summed E-state index contributed by atoms with van der Waals surface area (Å²) in [7, 11) is 7.01. The van der Waals surface area contributed by atoms with Gasteiger partial charge in [-0.25, -0.2) is 0 Å². The van der Waals surface area contributed by atoms with Crippen LogP contribution >= 0.6 is 0 Å². The lowest BCUT2D eigenvalue weighted by molar-refractivity contribution is 0.352. The van der Waals surface area contributed by atoms with Crippen LogP contribution in [0.1, 0.15) is 61.1 Å². The Balaban J connectivity index is 2.53. The Kier molecular flexibility index (Phi) is 9.98. The van der Waals surface area contributed by atoms with E-state index < -0.39 is 8.07 Å². The van der Waals surface area contributed by atoms with E-state index in [0.29, 0.717) is 0 Å². The highest BCUT2D eigenvalue weighted by atomic mass is 28.3. The summed E-state index contributed by atoms with van der Waals surface area (Å²) in [6, 6.07) is 6.42. The number of hydrogen-bond donors (Lipinski definition) is 0. The van der Waals surface area contributed by atoms with Crippen LogP contribution in [-0.4, -0.2) is 50.7 Å². The highest BCUT2D eigenvalue weighted by Gasteiger charge is 2.53. The molecule has 3 aromatic rings. The Bertz CT molecular complexity index is 1600. The number of rotatable bonds is 10. The van der Waals surface area contributed by atoms with Crippen molar-refractivity contribution in [2.45, 2.75) is 69.2 Å². The third kappa shape index (κ3) is 4.89. The summed E-state index contributed by atoms with van der Waals surface area (Å²) in [6.45, 7) is 22.4. The number of methoxy groups -OCH3 is 6. The third-order valence-electron chi connectivity index (χ3n) is 10.5. The summed E-state index contributed by atoms with van der Waals surface area (Å²) in [5.74, 6) is 4.60. The molecular weight excluding hydrogens is 593 g/mol. The first-order valence-corrected chi connectivity index (χ1v) is 17.8. The highest BCUT2D eigenvalue weighted by molar-refractivity contribution is 7.17. The lowest BCUT2D eigenvalue weighted by Gasteiger charge is -2.44. The molecule has 0 aliphatic heterocycles. The van der Waals surface area contributed by atoms with Crippen molar-refractivity contribution in [3.8, 4) is 34.5 Å². The van der Waals surface area contributed by atoms with Crippen molar-refractivity contribution in [3.05, 3.63) is 73.5 Å². The van der Waals surface area contributed by atoms with Crippen molar-refractivity contribution in [2.75, 3.05) is 42.7 Å². The van der Waals surface area contributed by atoms with Gasteiger partial charge < -0.3 is 28.4 Å². The van der Waals surface area contributed by atoms with E-state index in [1.807, 2.05) is 0 Å². The molecule has 6 nitrogen and oxygen atoms in total. The van der Waals surface area contributed by atoms with Gasteiger partial charge in [-0.15, -0.1) is 0 Å². The quantitative estimate of drug-likeness (QED) is 0.177. The second kappa shape index (κ2) is 13.1. The molecule has 0 N–H and O–H groups in total. The summed E-state index contributed by atoms with van der Waals surface area (Å²) in [4.78, 5) is 0. The van der Waals surface area contributed by atoms with Gasteiger partial charge in [0.25, 0.3) is 0 Å². The Labute approximate surface area is 277 Å². The van der Waals surface area contributed by atoms with Gasteiger partial charge in [-0.05, 0) is 141 Å². The van der Waals surface area contributed by atoms with Crippen molar-refractivity contribution in [3.63, 3.8) is 0 Å². The minimum absolute atomic E-state index is 0.192. The molecule has 0 spiro atoms. The minimum atomic E-state index is -3.29. The average molecular weight is 645 g/mol. The van der Waals surface area contributed by atoms with Crippen LogP contribution in [0.2, 0.25) is 0 Å². The van der Waals surface area contributed by atoms with Gasteiger partial charge in [-0.1, -0.05) is 23.3 Å². The maximum atomic E-state index is 6.15. The molecule has 0 bridgehead atoms. The van der Waals surface area contributed by atoms with Crippen LogP contribution in [0.15, 0.2) is 40.1 Å². The van der Waals surface area contributed by atoms with Gasteiger partial charge in [0.1, 0.15) is 0 Å². The molecule has 4 rings (SSSR count). The van der Waals surface area contributed by atoms with Crippen LogP contribution in [0.5, 0.6) is 34.5 Å². The topological polar surface area (TPSA) is 55.4 Å². The molecule has 1 atom stereocenters. The van der Waals surface area contributed by atoms with Crippen molar-refractivity contribution < 1.29 is 28.4 Å². The molecule has 46 heavy (non-hydrogen) atoms. The van der Waals surface area contributed by atoms with Crippen LogP contribution < -0.4 is 44.0 Å². The molecular formula is C39H52O6Si. The van der Waals surface area contributed by atoms with Gasteiger partial charge in [0, 0.05) is 0 Å². The van der Waals surface area contributed by atoms with Crippen molar-refractivity contribution >= 4 is 23.6 Å². The van der Waals surface area contributed by atoms with E-state index in [1.165, 1.54) is 37.5 Å². The van der Waals surface area contributed by atoms with Crippen molar-refractivity contribution in [1.82, 2.24) is 0 Å². The lowest BCUT2D eigenvalue weighted by Crippen LogP contribution is -2.73. The maximum Gasteiger partial charge on any atom is 0.178 e. The molecule has 0 radical (unpaired) electrons. The van der Waals surface area contributed by atoms with Crippen molar-refractivity contribution in [1.29, 1.82) is 0 Å². The normalized spacial score (nSPS) is 15.0. The predicted octanol–water partition coefficient (Wildman–Crippen LogP) is 6.90. The second-order valence-corrected chi connectivity index (χ2v) is 16.1. The summed E-state index contributed by atoms with van der Waals surface area (Å²) in [5, 5.41) is 5.31. The zero-order chi connectivity index (χ0) is 34.4. The fourth-order valence-electron chi connectivity index (χ4n) is 8.48. The molecule has 1 aliphatic rings. The smallest absolute Gasteiger partial charge is 0.178 e. The number of ether oxygens (including phenoxy) is 6. The fraction of sp³-hybridized carbons (Fsp3) is 0.436. The molecule has 0 aromatic heterocycles. The van der Waals surface area contributed by atoms with Gasteiger partial charge in [-0.2, -0.15) is 0 Å². The first-order chi connectivity index (χ1) is 21.7. The SMILES string of the molecule is COc1cc(C)c([Si](C2=C(C)C(C)=C(C)C2C)(c2c(C)cc(OC)c(OC)c2C)c2c(C)cc(OC)c(OC)c2C)c(C)c1OC. The Morgan fingerprint density at radius 2 is 0.761 bits per heavy atom. The van der Waals surface area contributed by atoms with Crippen LogP contribution in [0.25, 0.3) is 0 Å². The van der Waals surface area contributed by atoms with Gasteiger partial charge >= 0.3 is 0 Å². The molecule has 7 heteroatoms. The highest BCUT2D eigenvalue weighted by Crippen LogP contribution is 2.46. The summed E-state index contributed by atoms with van der Waals surface area (Å²) < 4.78 is 36.2. The van der Waals surface area contributed by atoms with Gasteiger partial charge in [-0.3, -0.25) is 0 Å². The Morgan fingerprint density at radius 3 is 0.978 bits per heavy atom. The monoisotopic (exact) mass is 644 g/mol. The molecule has 0 amide bonds. The summed E-state index contributed by atoms with van der Waals surface area (Å²) >= 11 is 0. The number of aryl methyl sites for hydroxylation is 3. The zero-order valence-corrected chi connectivity index (χ0v) is 31.8. The van der Waals surface area contributed by atoms with Crippen LogP contribution in [-0.2, 0) is 0 Å². The van der Waals surface area contributed by atoms with E-state index in [1.54, 1.807) is 42.7 Å². The molecule has 3 aromatic carbocycles. The van der Waals surface area contributed by atoms with E-state index in [0.717, 1.165) is 67.9 Å². The minimum Gasteiger partial charge on any atom is -0.493 e. The summed E-state index contributed by atoms with van der Waals surface area (Å²) in [6.07, 6.45) is 0. The zero-order valence-electron chi connectivity index (χ0n) is 30.8. The molecule has 0 saturated carbocycles. The Hall–Kier alpha value is -3.84. The van der Waals surface area contributed by atoms with Gasteiger partial charge in [0.2, 0.25) is 0 Å². The first-order valence-electron chi connectivity index (χ1n) is 15.8. The number of benzene rings is 3. The second-order valence-electron chi connectivity index (χ2n) is 12.6. The van der Waals surface area contributed by atoms with Crippen LogP contribution in [0.4, 0.5) is 0 Å². The molecule has 1 unspecified atom stereocenters. The molecule has 0 heterocycles. The van der Waals surface area contributed by atoms with Gasteiger partial charge in [0.05, 0.1) is 42.7 Å². The first kappa shape index (κ1) is 35.0. The summed E-state index contributed by atoms with van der Waals surface area (Å²) in [5.41, 5.74) is 10.8. The molecule has 248 valence electrons. The van der Waals surface area contributed by atoms with Crippen LogP contribution in [0.3, 0.4) is 0 Å². The largest absolute Gasteiger partial charge is 0.493 e. The number of hydrogen-bond acceptors (Lipinski definition) is 6. The lowest BCUT2D eigenvalue weighted by atomic mass is 10.1. The van der Waals surface area contributed by atoms with Gasteiger partial charge in [0.15, 0.2) is 42.6 Å². The Morgan fingerprint density at radius 1 is 0.457 bits per heavy atom. The average Bonchev–Trinajstić information content (AvgIpc) is 3.21. The fourth-order valence-corrected chi connectivity index (χ4v) is 15.7. The van der Waals surface area contributed by atoms with E-state index in [4.69, 9.17) is 28.4 Å². The van der Waals surface area contributed by atoms with E-state index >= 15 is 0 Å². The van der Waals surface area contributed by atoms with E-state index in [-0.39, 0.29) is 5.92 Å². The third-order valence-corrected chi connectivity index (χ3v) is 16.7. The van der Waals surface area contributed by atoms with Crippen molar-refractivity contribution in [2.24, 2.45) is 5.92 Å². The molecule has 0 saturated heterocycles. The molecule has 1 aliphatic carbocycles. The van der Waals surface area contributed by atoms with E-state index in [9.17, 15) is 0 Å². The number of allylic oxidation sites excluding steroid dienone is 4. The predicted molar refractivity (Wildman–Crippen MR) is 192 cm³/mol. The van der Waals surface area contributed by atoms with Crippen LogP contribution in [0, 0.1) is 47.5 Å². The van der Waals surface area contributed by atoms with E-state index in [2.05, 4.69) is 87.4 Å². The maximum absolute atomic E-state index is 6.15.